The summed E-state index contributed by atoms with van der Waals surface area (Å²) in [5.41, 5.74) is 0. The van der Waals surface area contributed by atoms with Gasteiger partial charge in [0.05, 0.1) is 18.8 Å². The number of hydrogen-bond donors (Lipinski definition) is 1. The molecule has 4 heteroatoms. The highest BCUT2D eigenvalue weighted by Crippen LogP contribution is 2.21. The molecule has 1 N–H and O–H groups in total. The lowest BCUT2D eigenvalue weighted by Gasteiger charge is -2.30. The molecule has 1 aliphatic carbocycles. The normalized spacial score (nSPS) is 24.8. The van der Waals surface area contributed by atoms with Gasteiger partial charge in [0.25, 0.3) is 0 Å². The van der Waals surface area contributed by atoms with E-state index < -0.39 is 0 Å². The summed E-state index contributed by atoms with van der Waals surface area (Å²) in [7, 11) is 2.15. The van der Waals surface area contributed by atoms with Crippen LogP contribution in [0.2, 0.25) is 0 Å². The fourth-order valence-electron chi connectivity index (χ4n) is 3.32. The van der Waals surface area contributed by atoms with Crippen molar-refractivity contribution in [3.05, 3.63) is 0 Å². The summed E-state index contributed by atoms with van der Waals surface area (Å²) in [6, 6.07) is 0.648. The lowest BCUT2D eigenvalue weighted by Crippen LogP contribution is -2.39. The van der Waals surface area contributed by atoms with Gasteiger partial charge >= 0.3 is 0 Å². The van der Waals surface area contributed by atoms with Gasteiger partial charge in [-0.25, -0.2) is 0 Å². The van der Waals surface area contributed by atoms with Crippen LogP contribution in [0.1, 0.15) is 51.4 Å². The first-order chi connectivity index (χ1) is 9.75. The predicted octanol–water partition coefficient (Wildman–Crippen LogP) is 2.20. The van der Waals surface area contributed by atoms with Crippen LogP contribution >= 0.6 is 0 Å². The smallest absolute Gasteiger partial charge is 0.0900 e. The highest BCUT2D eigenvalue weighted by Gasteiger charge is 2.20. The fourth-order valence-corrected chi connectivity index (χ4v) is 3.32. The summed E-state index contributed by atoms with van der Waals surface area (Å²) < 4.78 is 11.1. The molecule has 0 spiro atoms. The van der Waals surface area contributed by atoms with Crippen molar-refractivity contribution in [3.8, 4) is 0 Å². The summed E-state index contributed by atoms with van der Waals surface area (Å²) in [6.07, 6.45) is 9.82. The van der Waals surface area contributed by atoms with E-state index in [1.54, 1.807) is 0 Å². The number of rotatable bonds is 6. The Kier molecular flexibility index (Phi) is 7.28. The minimum Gasteiger partial charge on any atom is -0.389 e. The second-order valence-corrected chi connectivity index (χ2v) is 6.38. The zero-order valence-electron chi connectivity index (χ0n) is 12.9. The third-order valence-corrected chi connectivity index (χ3v) is 4.64. The van der Waals surface area contributed by atoms with Gasteiger partial charge in [-0.15, -0.1) is 0 Å². The van der Waals surface area contributed by atoms with Crippen LogP contribution in [0.3, 0.4) is 0 Å². The summed E-state index contributed by atoms with van der Waals surface area (Å²) in [6.45, 7) is 2.78. The molecule has 0 aromatic carbocycles. The van der Waals surface area contributed by atoms with Crippen LogP contribution in [0.15, 0.2) is 0 Å². The molecule has 1 heterocycles. The second-order valence-electron chi connectivity index (χ2n) is 6.38. The maximum Gasteiger partial charge on any atom is 0.0900 e. The van der Waals surface area contributed by atoms with E-state index in [9.17, 15) is 5.11 Å². The van der Waals surface area contributed by atoms with Crippen molar-refractivity contribution in [3.63, 3.8) is 0 Å². The number of aliphatic hydroxyl groups excluding tert-OH is 1. The Morgan fingerprint density at radius 1 is 1.10 bits per heavy atom. The first-order valence-corrected chi connectivity index (χ1v) is 8.33. The van der Waals surface area contributed by atoms with Gasteiger partial charge in [-0.05, 0) is 32.7 Å². The number of likely N-dealkylation sites (N-methyl/N-ethyl adjacent to an activating group) is 1. The minimum atomic E-state index is -0.369. The molecule has 2 rings (SSSR count). The quantitative estimate of drug-likeness (QED) is 0.760. The van der Waals surface area contributed by atoms with Crippen LogP contribution in [-0.2, 0) is 9.47 Å². The number of hydrogen-bond acceptors (Lipinski definition) is 4. The second kappa shape index (κ2) is 8.98. The molecular formula is C16H31NO3. The van der Waals surface area contributed by atoms with Crippen molar-refractivity contribution in [1.82, 2.24) is 4.90 Å². The highest BCUT2D eigenvalue weighted by atomic mass is 16.5. The number of ether oxygens (including phenoxy) is 2. The van der Waals surface area contributed by atoms with Crippen molar-refractivity contribution in [2.75, 3.05) is 33.4 Å². The Morgan fingerprint density at radius 2 is 1.75 bits per heavy atom. The molecule has 0 amide bonds. The average Bonchev–Trinajstić information content (AvgIpc) is 2.75. The highest BCUT2D eigenvalue weighted by molar-refractivity contribution is 4.74. The molecule has 2 fully saturated rings. The first kappa shape index (κ1) is 16.2. The molecule has 2 aliphatic rings. The van der Waals surface area contributed by atoms with Crippen molar-refractivity contribution < 1.29 is 14.6 Å². The lowest BCUT2D eigenvalue weighted by molar-refractivity contribution is -0.0649. The van der Waals surface area contributed by atoms with E-state index in [1.165, 1.54) is 38.5 Å². The van der Waals surface area contributed by atoms with Crippen LogP contribution in [0.4, 0.5) is 0 Å². The van der Waals surface area contributed by atoms with E-state index in [0.717, 1.165) is 32.6 Å². The maximum atomic E-state index is 10.2. The molecule has 0 bridgehead atoms. The fraction of sp³-hybridized carbons (Fsp3) is 1.00. The van der Waals surface area contributed by atoms with E-state index in [0.29, 0.717) is 12.6 Å². The van der Waals surface area contributed by atoms with Crippen molar-refractivity contribution >= 4 is 0 Å². The molecule has 1 aliphatic heterocycles. The van der Waals surface area contributed by atoms with E-state index in [-0.39, 0.29) is 12.2 Å². The molecule has 0 radical (unpaired) electrons. The van der Waals surface area contributed by atoms with Gasteiger partial charge in [0.1, 0.15) is 0 Å². The van der Waals surface area contributed by atoms with Crippen molar-refractivity contribution in [2.45, 2.75) is 69.6 Å². The SMILES string of the molecule is CN(CC(O)COC1CCOCC1)C1CCCCCC1. The Balaban J connectivity index is 1.63. The monoisotopic (exact) mass is 285 g/mol. The molecule has 118 valence electrons. The first-order valence-electron chi connectivity index (χ1n) is 8.33. The minimum absolute atomic E-state index is 0.279. The Bertz CT molecular complexity index is 248. The molecule has 20 heavy (non-hydrogen) atoms. The van der Waals surface area contributed by atoms with Gasteiger partial charge in [0, 0.05) is 25.8 Å². The molecule has 0 aromatic rings. The average molecular weight is 285 g/mol. The third-order valence-electron chi connectivity index (χ3n) is 4.64. The lowest BCUT2D eigenvalue weighted by atomic mass is 10.1. The van der Waals surface area contributed by atoms with Crippen molar-refractivity contribution in [2.24, 2.45) is 0 Å². The Hall–Kier alpha value is -0.160. The van der Waals surface area contributed by atoms with Crippen LogP contribution in [0.25, 0.3) is 0 Å². The van der Waals surface area contributed by atoms with E-state index in [1.807, 2.05) is 0 Å². The summed E-state index contributed by atoms with van der Waals surface area (Å²) >= 11 is 0. The van der Waals surface area contributed by atoms with Crippen LogP contribution < -0.4 is 0 Å². The molecule has 1 atom stereocenters. The zero-order valence-corrected chi connectivity index (χ0v) is 12.9. The maximum absolute atomic E-state index is 10.2. The molecule has 0 aromatic heterocycles. The standard InChI is InChI=1S/C16H31NO3/c1-17(14-6-4-2-3-5-7-14)12-15(18)13-20-16-8-10-19-11-9-16/h14-16,18H,2-13H2,1H3. The topological polar surface area (TPSA) is 41.9 Å². The van der Waals surface area contributed by atoms with Gasteiger partial charge in [-0.3, -0.25) is 0 Å². The van der Waals surface area contributed by atoms with Gasteiger partial charge in [0.15, 0.2) is 0 Å². The number of aliphatic hydroxyl groups is 1. The number of nitrogens with zero attached hydrogens (tertiary/aromatic N) is 1. The van der Waals surface area contributed by atoms with Crippen molar-refractivity contribution in [1.29, 1.82) is 0 Å². The van der Waals surface area contributed by atoms with Gasteiger partial charge in [-0.1, -0.05) is 25.7 Å². The summed E-state index contributed by atoms with van der Waals surface area (Å²) in [5, 5.41) is 10.2. The Morgan fingerprint density at radius 3 is 2.40 bits per heavy atom. The molecule has 1 saturated carbocycles. The molecule has 1 saturated heterocycles. The van der Waals surface area contributed by atoms with E-state index in [2.05, 4.69) is 11.9 Å². The van der Waals surface area contributed by atoms with E-state index >= 15 is 0 Å². The van der Waals surface area contributed by atoms with Crippen LogP contribution in [-0.4, -0.2) is 61.7 Å². The molecular weight excluding hydrogens is 254 g/mol. The van der Waals surface area contributed by atoms with Gasteiger partial charge < -0.3 is 19.5 Å². The van der Waals surface area contributed by atoms with Crippen LogP contribution in [0, 0.1) is 0 Å². The Labute approximate surface area is 123 Å². The third kappa shape index (κ3) is 5.68. The predicted molar refractivity (Wildman–Crippen MR) is 79.9 cm³/mol. The largest absolute Gasteiger partial charge is 0.389 e. The van der Waals surface area contributed by atoms with Gasteiger partial charge in [-0.2, -0.15) is 0 Å². The molecule has 1 unspecified atom stereocenters. The zero-order chi connectivity index (χ0) is 14.2. The van der Waals surface area contributed by atoms with Gasteiger partial charge in [0.2, 0.25) is 0 Å². The molecule has 4 nitrogen and oxygen atoms in total. The summed E-state index contributed by atoms with van der Waals surface area (Å²) in [5.74, 6) is 0. The summed E-state index contributed by atoms with van der Waals surface area (Å²) in [4.78, 5) is 2.34. The van der Waals surface area contributed by atoms with E-state index in [4.69, 9.17) is 9.47 Å². The van der Waals surface area contributed by atoms with Crippen LogP contribution in [0.5, 0.6) is 0 Å².